The summed E-state index contributed by atoms with van der Waals surface area (Å²) in [6, 6.07) is 12.9. The summed E-state index contributed by atoms with van der Waals surface area (Å²) in [5.74, 6) is -1.20. The van der Waals surface area contributed by atoms with Crippen molar-refractivity contribution in [3.63, 3.8) is 0 Å². The molecular weight excluding hydrogens is 244 g/mol. The zero-order valence-corrected chi connectivity index (χ0v) is 10.9. The summed E-state index contributed by atoms with van der Waals surface area (Å²) in [5.41, 5.74) is 6.93. The molecule has 3 heteroatoms. The van der Waals surface area contributed by atoms with E-state index >= 15 is 0 Å². The van der Waals surface area contributed by atoms with E-state index in [1.54, 1.807) is 0 Å². The predicted octanol–water partition coefficient (Wildman–Crippen LogP) is 3.97. The molecule has 2 aromatic rings. The average Bonchev–Trinajstić information content (AvgIpc) is 2.39. The standard InChI is InChI=1S/C16H17F2N/c1-2-8-16(19,12-6-4-3-5-7-12)13-9-14(17)11-15(18)10-13/h3-7,9-11H,2,8,19H2,1H3. The van der Waals surface area contributed by atoms with Gasteiger partial charge >= 0.3 is 0 Å². The first kappa shape index (κ1) is 13.7. The molecule has 2 aromatic carbocycles. The van der Waals surface area contributed by atoms with Crippen LogP contribution in [0.3, 0.4) is 0 Å². The molecule has 2 rings (SSSR count). The summed E-state index contributed by atoms with van der Waals surface area (Å²) in [6.45, 7) is 2.00. The first-order valence-electron chi connectivity index (χ1n) is 6.37. The van der Waals surface area contributed by atoms with E-state index in [-0.39, 0.29) is 0 Å². The lowest BCUT2D eigenvalue weighted by atomic mass is 9.80. The van der Waals surface area contributed by atoms with Gasteiger partial charge in [-0.15, -0.1) is 0 Å². The predicted molar refractivity (Wildman–Crippen MR) is 72.7 cm³/mol. The van der Waals surface area contributed by atoms with Crippen LogP contribution in [0, 0.1) is 11.6 Å². The molecule has 0 aromatic heterocycles. The van der Waals surface area contributed by atoms with Crippen LogP contribution in [0.25, 0.3) is 0 Å². The highest BCUT2D eigenvalue weighted by Crippen LogP contribution is 2.32. The lowest BCUT2D eigenvalue weighted by Gasteiger charge is -2.30. The Bertz CT molecular complexity index is 534. The highest BCUT2D eigenvalue weighted by molar-refractivity contribution is 5.38. The summed E-state index contributed by atoms with van der Waals surface area (Å²) in [7, 11) is 0. The van der Waals surface area contributed by atoms with Crippen LogP contribution in [-0.2, 0) is 5.54 Å². The molecule has 1 atom stereocenters. The second kappa shape index (κ2) is 5.49. The Morgan fingerprint density at radius 1 is 0.947 bits per heavy atom. The monoisotopic (exact) mass is 261 g/mol. The Labute approximate surface area is 112 Å². The molecule has 0 heterocycles. The molecule has 1 unspecified atom stereocenters. The third-order valence-electron chi connectivity index (χ3n) is 3.31. The summed E-state index contributed by atoms with van der Waals surface area (Å²) >= 11 is 0. The van der Waals surface area contributed by atoms with E-state index in [0.29, 0.717) is 12.0 Å². The van der Waals surface area contributed by atoms with Gasteiger partial charge in [0.25, 0.3) is 0 Å². The van der Waals surface area contributed by atoms with E-state index < -0.39 is 17.2 Å². The van der Waals surface area contributed by atoms with Gasteiger partial charge in [-0.2, -0.15) is 0 Å². The van der Waals surface area contributed by atoms with Crippen molar-refractivity contribution in [2.45, 2.75) is 25.3 Å². The zero-order valence-electron chi connectivity index (χ0n) is 10.9. The van der Waals surface area contributed by atoms with Crippen molar-refractivity contribution in [3.05, 3.63) is 71.3 Å². The molecule has 0 saturated carbocycles. The molecule has 19 heavy (non-hydrogen) atoms. The van der Waals surface area contributed by atoms with Crippen LogP contribution in [0.2, 0.25) is 0 Å². The summed E-state index contributed by atoms with van der Waals surface area (Å²) < 4.78 is 26.8. The molecule has 0 fully saturated rings. The molecule has 0 radical (unpaired) electrons. The zero-order chi connectivity index (χ0) is 13.9. The van der Waals surface area contributed by atoms with Crippen LogP contribution in [0.1, 0.15) is 30.9 Å². The number of nitrogens with two attached hydrogens (primary N) is 1. The number of halogens is 2. The minimum atomic E-state index is -0.862. The fourth-order valence-electron chi connectivity index (χ4n) is 2.40. The van der Waals surface area contributed by atoms with E-state index in [4.69, 9.17) is 5.73 Å². The van der Waals surface area contributed by atoms with Gasteiger partial charge in [-0.1, -0.05) is 43.7 Å². The van der Waals surface area contributed by atoms with Gasteiger partial charge in [0, 0.05) is 6.07 Å². The molecule has 0 amide bonds. The first-order chi connectivity index (χ1) is 9.06. The van der Waals surface area contributed by atoms with Crippen molar-refractivity contribution in [1.82, 2.24) is 0 Å². The quantitative estimate of drug-likeness (QED) is 0.885. The Morgan fingerprint density at radius 3 is 2.05 bits per heavy atom. The highest BCUT2D eigenvalue weighted by atomic mass is 19.1. The molecule has 0 aliphatic carbocycles. The maximum atomic E-state index is 13.4. The van der Waals surface area contributed by atoms with Crippen LogP contribution in [0.5, 0.6) is 0 Å². The summed E-state index contributed by atoms with van der Waals surface area (Å²) in [6.07, 6.45) is 1.45. The molecule has 1 nitrogen and oxygen atoms in total. The largest absolute Gasteiger partial charge is 0.318 e. The second-order valence-electron chi connectivity index (χ2n) is 4.75. The smallest absolute Gasteiger partial charge is 0.126 e. The number of hydrogen-bond donors (Lipinski definition) is 1. The van der Waals surface area contributed by atoms with Crippen LogP contribution in [0.15, 0.2) is 48.5 Å². The molecule has 0 spiro atoms. The van der Waals surface area contributed by atoms with E-state index in [1.807, 2.05) is 37.3 Å². The normalized spacial score (nSPS) is 14.1. The van der Waals surface area contributed by atoms with Crippen molar-refractivity contribution in [2.24, 2.45) is 5.73 Å². The number of hydrogen-bond acceptors (Lipinski definition) is 1. The van der Waals surface area contributed by atoms with Crippen molar-refractivity contribution >= 4 is 0 Å². The molecule has 2 N–H and O–H groups in total. The first-order valence-corrected chi connectivity index (χ1v) is 6.37. The molecule has 0 bridgehead atoms. The number of benzene rings is 2. The highest BCUT2D eigenvalue weighted by Gasteiger charge is 2.29. The molecule has 0 aliphatic heterocycles. The van der Waals surface area contributed by atoms with Gasteiger partial charge < -0.3 is 5.73 Å². The molecule has 100 valence electrons. The third kappa shape index (κ3) is 2.82. The van der Waals surface area contributed by atoms with E-state index in [2.05, 4.69) is 0 Å². The third-order valence-corrected chi connectivity index (χ3v) is 3.31. The molecular formula is C16H17F2N. The van der Waals surface area contributed by atoms with Gasteiger partial charge in [-0.3, -0.25) is 0 Å². The minimum absolute atomic E-state index is 0.470. The fourth-order valence-corrected chi connectivity index (χ4v) is 2.40. The van der Waals surface area contributed by atoms with Crippen LogP contribution in [0.4, 0.5) is 8.78 Å². The molecule has 0 aliphatic rings. The summed E-state index contributed by atoms with van der Waals surface area (Å²) in [4.78, 5) is 0. The average molecular weight is 261 g/mol. The fraction of sp³-hybridized carbons (Fsp3) is 0.250. The lowest BCUT2D eigenvalue weighted by Crippen LogP contribution is -2.38. The van der Waals surface area contributed by atoms with E-state index in [1.165, 1.54) is 12.1 Å². The van der Waals surface area contributed by atoms with E-state index in [9.17, 15) is 8.78 Å². The Kier molecular flexibility index (Phi) is 3.96. The topological polar surface area (TPSA) is 26.0 Å². The van der Waals surface area contributed by atoms with Gasteiger partial charge in [0.2, 0.25) is 0 Å². The lowest BCUT2D eigenvalue weighted by molar-refractivity contribution is 0.474. The van der Waals surface area contributed by atoms with Crippen LogP contribution in [-0.4, -0.2) is 0 Å². The van der Waals surface area contributed by atoms with Crippen molar-refractivity contribution in [1.29, 1.82) is 0 Å². The van der Waals surface area contributed by atoms with Gasteiger partial charge in [0.1, 0.15) is 11.6 Å². The second-order valence-corrected chi connectivity index (χ2v) is 4.75. The van der Waals surface area contributed by atoms with Crippen molar-refractivity contribution in [3.8, 4) is 0 Å². The minimum Gasteiger partial charge on any atom is -0.318 e. The Morgan fingerprint density at radius 2 is 1.53 bits per heavy atom. The van der Waals surface area contributed by atoms with Gasteiger partial charge in [-0.05, 0) is 29.7 Å². The SMILES string of the molecule is CCCC(N)(c1ccccc1)c1cc(F)cc(F)c1. The van der Waals surface area contributed by atoms with Gasteiger partial charge in [0.05, 0.1) is 5.54 Å². The Balaban J connectivity index is 2.56. The maximum Gasteiger partial charge on any atom is 0.126 e. The maximum absolute atomic E-state index is 13.4. The molecule has 0 saturated heterocycles. The Hall–Kier alpha value is -1.74. The van der Waals surface area contributed by atoms with Crippen molar-refractivity contribution in [2.75, 3.05) is 0 Å². The van der Waals surface area contributed by atoms with Gasteiger partial charge in [-0.25, -0.2) is 8.78 Å². The summed E-state index contributed by atoms with van der Waals surface area (Å²) in [5, 5.41) is 0. The van der Waals surface area contributed by atoms with E-state index in [0.717, 1.165) is 18.1 Å². The van der Waals surface area contributed by atoms with Crippen molar-refractivity contribution < 1.29 is 8.78 Å². The van der Waals surface area contributed by atoms with Crippen LogP contribution >= 0.6 is 0 Å². The van der Waals surface area contributed by atoms with Gasteiger partial charge in [0.15, 0.2) is 0 Å². The van der Waals surface area contributed by atoms with Crippen LogP contribution < -0.4 is 5.73 Å². The number of rotatable bonds is 4.